The molecule has 0 aliphatic carbocycles. The molecule has 5 heteroatoms. The van der Waals surface area contributed by atoms with Gasteiger partial charge in [-0.1, -0.05) is 6.07 Å². The SMILES string of the molecule is CSCC(=O)NC(=O)Nc1ccc(C)c(C)c1. The van der Waals surface area contributed by atoms with Gasteiger partial charge in [0, 0.05) is 5.69 Å². The Labute approximate surface area is 105 Å². The van der Waals surface area contributed by atoms with E-state index in [9.17, 15) is 9.59 Å². The molecule has 0 heterocycles. The molecule has 0 saturated carbocycles. The van der Waals surface area contributed by atoms with Crippen molar-refractivity contribution < 1.29 is 9.59 Å². The fourth-order valence-corrected chi connectivity index (χ4v) is 1.61. The number of rotatable bonds is 3. The van der Waals surface area contributed by atoms with E-state index in [0.717, 1.165) is 11.1 Å². The summed E-state index contributed by atoms with van der Waals surface area (Å²) in [5, 5.41) is 4.87. The number of hydrogen-bond acceptors (Lipinski definition) is 3. The van der Waals surface area contributed by atoms with Gasteiger partial charge in [0.25, 0.3) is 0 Å². The Morgan fingerprint density at radius 3 is 2.53 bits per heavy atom. The molecule has 92 valence electrons. The van der Waals surface area contributed by atoms with Crippen LogP contribution in [0.25, 0.3) is 0 Å². The summed E-state index contributed by atoms with van der Waals surface area (Å²) in [5.74, 6) is -0.0146. The summed E-state index contributed by atoms with van der Waals surface area (Å²) in [6, 6.07) is 5.11. The molecule has 0 unspecified atom stereocenters. The molecule has 1 aromatic rings. The lowest BCUT2D eigenvalue weighted by Crippen LogP contribution is -2.35. The maximum atomic E-state index is 11.4. The smallest absolute Gasteiger partial charge is 0.308 e. The first kappa shape index (κ1) is 13.6. The molecule has 1 rings (SSSR count). The first-order chi connectivity index (χ1) is 8.02. The van der Waals surface area contributed by atoms with Crippen LogP contribution in [0.4, 0.5) is 10.5 Å². The van der Waals surface area contributed by atoms with Crippen molar-refractivity contribution in [3.63, 3.8) is 0 Å². The average Bonchev–Trinajstić information content (AvgIpc) is 2.23. The Morgan fingerprint density at radius 2 is 1.94 bits per heavy atom. The van der Waals surface area contributed by atoms with Crippen molar-refractivity contribution in [3.8, 4) is 0 Å². The highest BCUT2D eigenvalue weighted by atomic mass is 32.2. The summed E-state index contributed by atoms with van der Waals surface area (Å²) in [7, 11) is 0. The van der Waals surface area contributed by atoms with Crippen LogP contribution < -0.4 is 10.6 Å². The number of urea groups is 1. The first-order valence-electron chi connectivity index (χ1n) is 5.20. The quantitative estimate of drug-likeness (QED) is 0.868. The molecule has 0 spiro atoms. The van der Waals surface area contributed by atoms with Crippen LogP contribution >= 0.6 is 11.8 Å². The number of benzene rings is 1. The Morgan fingerprint density at radius 1 is 1.24 bits per heavy atom. The van der Waals surface area contributed by atoms with Gasteiger partial charge in [0.1, 0.15) is 0 Å². The molecule has 0 saturated heterocycles. The monoisotopic (exact) mass is 252 g/mol. The second-order valence-electron chi connectivity index (χ2n) is 3.73. The molecule has 2 N–H and O–H groups in total. The van der Waals surface area contributed by atoms with E-state index in [1.165, 1.54) is 11.8 Å². The molecule has 0 radical (unpaired) electrons. The lowest BCUT2D eigenvalue weighted by molar-refractivity contribution is -0.117. The molecule has 0 fully saturated rings. The lowest BCUT2D eigenvalue weighted by Gasteiger charge is -2.08. The number of anilines is 1. The number of aryl methyl sites for hydroxylation is 2. The molecule has 0 aliphatic heterocycles. The van der Waals surface area contributed by atoms with Gasteiger partial charge in [-0.25, -0.2) is 4.79 Å². The summed E-state index contributed by atoms with van der Waals surface area (Å²) in [6.45, 7) is 3.97. The number of amides is 3. The Hall–Kier alpha value is -1.49. The molecule has 0 aromatic heterocycles. The van der Waals surface area contributed by atoms with E-state index in [2.05, 4.69) is 10.6 Å². The van der Waals surface area contributed by atoms with E-state index in [4.69, 9.17) is 0 Å². The van der Waals surface area contributed by atoms with Gasteiger partial charge in [-0.2, -0.15) is 11.8 Å². The number of thioether (sulfide) groups is 1. The number of nitrogens with one attached hydrogen (secondary N) is 2. The van der Waals surface area contributed by atoms with Crippen molar-refractivity contribution in [2.75, 3.05) is 17.3 Å². The Kier molecular flexibility index (Phi) is 5.03. The summed E-state index contributed by atoms with van der Waals surface area (Å²) >= 11 is 1.37. The number of hydrogen-bond donors (Lipinski definition) is 2. The van der Waals surface area contributed by atoms with Crippen LogP contribution in [-0.2, 0) is 4.79 Å². The zero-order valence-corrected chi connectivity index (χ0v) is 11.0. The summed E-state index contributed by atoms with van der Waals surface area (Å²) in [6.07, 6.45) is 1.81. The second-order valence-corrected chi connectivity index (χ2v) is 4.60. The first-order valence-corrected chi connectivity index (χ1v) is 6.59. The minimum Gasteiger partial charge on any atom is -0.308 e. The molecule has 3 amide bonds. The highest BCUT2D eigenvalue weighted by Crippen LogP contribution is 2.13. The van der Waals surface area contributed by atoms with E-state index >= 15 is 0 Å². The third-order valence-electron chi connectivity index (χ3n) is 2.29. The van der Waals surface area contributed by atoms with E-state index in [0.29, 0.717) is 5.69 Å². The molecule has 0 aliphatic rings. The number of carbonyl (C=O) groups excluding carboxylic acids is 2. The summed E-state index contributed by atoms with van der Waals surface area (Å²) in [4.78, 5) is 22.6. The Balaban J connectivity index is 2.56. The van der Waals surface area contributed by atoms with Crippen LogP contribution in [0.5, 0.6) is 0 Å². The number of imide groups is 1. The highest BCUT2D eigenvalue weighted by molar-refractivity contribution is 7.99. The largest absolute Gasteiger partial charge is 0.325 e. The molecule has 0 bridgehead atoms. The number of carbonyl (C=O) groups is 2. The van der Waals surface area contributed by atoms with Crippen molar-refractivity contribution in [1.82, 2.24) is 5.32 Å². The van der Waals surface area contributed by atoms with E-state index in [1.54, 1.807) is 12.3 Å². The van der Waals surface area contributed by atoms with Gasteiger partial charge in [0.15, 0.2) is 0 Å². The maximum Gasteiger partial charge on any atom is 0.325 e. The van der Waals surface area contributed by atoms with Crippen molar-refractivity contribution in [1.29, 1.82) is 0 Å². The van der Waals surface area contributed by atoms with Gasteiger partial charge >= 0.3 is 6.03 Å². The Bertz CT molecular complexity index is 433. The average molecular weight is 252 g/mol. The van der Waals surface area contributed by atoms with Crippen molar-refractivity contribution in [2.45, 2.75) is 13.8 Å². The molecular weight excluding hydrogens is 236 g/mol. The van der Waals surface area contributed by atoms with Crippen LogP contribution in [0.1, 0.15) is 11.1 Å². The summed E-state index contributed by atoms with van der Waals surface area (Å²) in [5.41, 5.74) is 2.94. The normalized spacial score (nSPS) is 9.82. The van der Waals surface area contributed by atoms with Gasteiger partial charge in [0.2, 0.25) is 5.91 Å². The minimum absolute atomic E-state index is 0.278. The van der Waals surface area contributed by atoms with Crippen LogP contribution in [0.2, 0.25) is 0 Å². The van der Waals surface area contributed by atoms with Crippen molar-refractivity contribution in [2.24, 2.45) is 0 Å². The maximum absolute atomic E-state index is 11.4. The molecule has 4 nitrogen and oxygen atoms in total. The fourth-order valence-electron chi connectivity index (χ4n) is 1.28. The van der Waals surface area contributed by atoms with E-state index < -0.39 is 6.03 Å². The molecular formula is C12H16N2O2S. The fraction of sp³-hybridized carbons (Fsp3) is 0.333. The van der Waals surface area contributed by atoms with Crippen LogP contribution in [0.3, 0.4) is 0 Å². The second kappa shape index (κ2) is 6.30. The lowest BCUT2D eigenvalue weighted by atomic mass is 10.1. The highest BCUT2D eigenvalue weighted by Gasteiger charge is 2.07. The van der Waals surface area contributed by atoms with E-state index in [1.807, 2.05) is 26.0 Å². The summed E-state index contributed by atoms with van der Waals surface area (Å²) < 4.78 is 0. The van der Waals surface area contributed by atoms with E-state index in [-0.39, 0.29) is 11.7 Å². The molecule has 1 aromatic carbocycles. The zero-order valence-electron chi connectivity index (χ0n) is 10.2. The van der Waals surface area contributed by atoms with Gasteiger partial charge in [-0.05, 0) is 43.4 Å². The van der Waals surface area contributed by atoms with Crippen LogP contribution in [-0.4, -0.2) is 23.9 Å². The van der Waals surface area contributed by atoms with Gasteiger partial charge in [0.05, 0.1) is 5.75 Å². The topological polar surface area (TPSA) is 58.2 Å². The molecule has 0 atom stereocenters. The van der Waals surface area contributed by atoms with Crippen molar-refractivity contribution >= 4 is 29.4 Å². The third kappa shape index (κ3) is 4.48. The standard InChI is InChI=1S/C12H16N2O2S/c1-8-4-5-10(6-9(8)2)13-12(16)14-11(15)7-17-3/h4-6H,7H2,1-3H3,(H2,13,14,15,16). The van der Waals surface area contributed by atoms with Gasteiger partial charge < -0.3 is 5.32 Å². The minimum atomic E-state index is -0.493. The van der Waals surface area contributed by atoms with Gasteiger partial charge in [-0.15, -0.1) is 0 Å². The van der Waals surface area contributed by atoms with Crippen LogP contribution in [0, 0.1) is 13.8 Å². The third-order valence-corrected chi connectivity index (χ3v) is 2.84. The van der Waals surface area contributed by atoms with Crippen molar-refractivity contribution in [3.05, 3.63) is 29.3 Å². The molecule has 17 heavy (non-hydrogen) atoms. The predicted octanol–water partition coefficient (Wildman–Crippen LogP) is 2.31. The van der Waals surface area contributed by atoms with Crippen LogP contribution in [0.15, 0.2) is 18.2 Å². The zero-order chi connectivity index (χ0) is 12.8. The predicted molar refractivity (Wildman–Crippen MR) is 71.5 cm³/mol. The van der Waals surface area contributed by atoms with Gasteiger partial charge in [-0.3, -0.25) is 10.1 Å².